The van der Waals surface area contributed by atoms with Gasteiger partial charge in [-0.1, -0.05) is 23.7 Å². The van der Waals surface area contributed by atoms with Crippen LogP contribution in [0.3, 0.4) is 0 Å². The first kappa shape index (κ1) is 25.3. The van der Waals surface area contributed by atoms with Crippen molar-refractivity contribution >= 4 is 23.5 Å². The Kier molecular flexibility index (Phi) is 7.64. The van der Waals surface area contributed by atoms with Gasteiger partial charge >= 0.3 is 11.7 Å². The maximum absolute atomic E-state index is 13.5. The molecule has 11 heteroatoms. The molecule has 2 heterocycles. The molecule has 0 spiro atoms. The maximum atomic E-state index is 13.5. The Bertz CT molecular complexity index is 1400. The van der Waals surface area contributed by atoms with Gasteiger partial charge in [-0.3, -0.25) is 19.0 Å². The Hall–Kier alpha value is -3.79. The van der Waals surface area contributed by atoms with Crippen LogP contribution in [-0.4, -0.2) is 50.8 Å². The zero-order valence-electron chi connectivity index (χ0n) is 19.5. The van der Waals surface area contributed by atoms with Crippen LogP contribution in [0, 0.1) is 11.7 Å². The number of nitrogens with zero attached hydrogens (tertiary/aromatic N) is 4. The lowest BCUT2D eigenvalue weighted by molar-refractivity contribution is -0.149. The molecule has 3 aromatic rings. The third-order valence-corrected chi connectivity index (χ3v) is 6.13. The van der Waals surface area contributed by atoms with Gasteiger partial charge in [-0.15, -0.1) is 0 Å². The van der Waals surface area contributed by atoms with Crippen LogP contribution in [-0.2, 0) is 16.1 Å². The highest BCUT2D eigenvalue weighted by Crippen LogP contribution is 2.19. The first-order valence-electron chi connectivity index (χ1n) is 11.5. The fraction of sp³-hybridized carbons (Fsp3) is 0.320. The Morgan fingerprint density at radius 1 is 1.17 bits per heavy atom. The summed E-state index contributed by atoms with van der Waals surface area (Å²) in [5.74, 6) is -2.14. The van der Waals surface area contributed by atoms with Crippen molar-refractivity contribution in [2.75, 3.05) is 19.7 Å². The highest BCUT2D eigenvalue weighted by Gasteiger charge is 2.32. The predicted octanol–water partition coefficient (Wildman–Crippen LogP) is 2.65. The molecule has 2 aromatic carbocycles. The fourth-order valence-corrected chi connectivity index (χ4v) is 4.33. The van der Waals surface area contributed by atoms with E-state index in [4.69, 9.17) is 16.3 Å². The van der Waals surface area contributed by atoms with Crippen LogP contribution in [0.4, 0.5) is 4.39 Å². The van der Waals surface area contributed by atoms with E-state index < -0.39 is 40.6 Å². The lowest BCUT2D eigenvalue weighted by Crippen LogP contribution is -2.49. The van der Waals surface area contributed by atoms with Crippen LogP contribution < -0.4 is 11.2 Å². The molecule has 4 rings (SSSR count). The second-order valence-corrected chi connectivity index (χ2v) is 8.82. The van der Waals surface area contributed by atoms with Crippen molar-refractivity contribution < 1.29 is 18.7 Å². The number of carbonyl (C=O) groups excluding carboxylic acids is 2. The summed E-state index contributed by atoms with van der Waals surface area (Å²) in [6, 6.07) is 11.6. The van der Waals surface area contributed by atoms with Gasteiger partial charge in [0.15, 0.2) is 0 Å². The lowest BCUT2D eigenvalue weighted by Gasteiger charge is -2.31. The summed E-state index contributed by atoms with van der Waals surface area (Å²) in [5, 5.41) is 4.51. The molecule has 1 amide bonds. The SMILES string of the molecule is CCOC(=O)C1CCCN(C(=O)c2nn(-c3ccc(F)cc3)c(=O)n(Cc3cccc(Cl)c3)c2=O)C1. The van der Waals surface area contributed by atoms with Gasteiger partial charge in [0.1, 0.15) is 5.82 Å². The van der Waals surface area contributed by atoms with Crippen LogP contribution in [0.15, 0.2) is 58.1 Å². The molecule has 1 aliphatic heterocycles. The second-order valence-electron chi connectivity index (χ2n) is 8.38. The zero-order chi connectivity index (χ0) is 25.8. The number of esters is 1. The van der Waals surface area contributed by atoms with Gasteiger partial charge in [-0.05, 0) is 61.7 Å². The number of ether oxygens (including phenoxy) is 1. The Balaban J connectivity index is 1.78. The molecule has 1 unspecified atom stereocenters. The molecule has 36 heavy (non-hydrogen) atoms. The second kappa shape index (κ2) is 10.9. The van der Waals surface area contributed by atoms with Crippen molar-refractivity contribution in [1.82, 2.24) is 19.2 Å². The van der Waals surface area contributed by atoms with Gasteiger partial charge in [-0.25, -0.2) is 9.18 Å². The molecule has 9 nitrogen and oxygen atoms in total. The van der Waals surface area contributed by atoms with Gasteiger partial charge in [0.25, 0.3) is 11.5 Å². The van der Waals surface area contributed by atoms with Gasteiger partial charge in [0.2, 0.25) is 5.69 Å². The first-order valence-corrected chi connectivity index (χ1v) is 11.9. The van der Waals surface area contributed by atoms with Crippen molar-refractivity contribution in [3.63, 3.8) is 0 Å². The summed E-state index contributed by atoms with van der Waals surface area (Å²) in [5.41, 5.74) is -1.41. The minimum Gasteiger partial charge on any atom is -0.466 e. The number of amides is 1. The van der Waals surface area contributed by atoms with Crippen molar-refractivity contribution in [1.29, 1.82) is 0 Å². The molecule has 0 aliphatic carbocycles. The topological polar surface area (TPSA) is 104 Å². The number of carbonyl (C=O) groups is 2. The van der Waals surface area contributed by atoms with Crippen LogP contribution >= 0.6 is 11.6 Å². The van der Waals surface area contributed by atoms with Crippen molar-refractivity contribution in [2.24, 2.45) is 5.92 Å². The summed E-state index contributed by atoms with van der Waals surface area (Å²) in [4.78, 5) is 53.7. The fourth-order valence-electron chi connectivity index (χ4n) is 4.12. The summed E-state index contributed by atoms with van der Waals surface area (Å²) in [7, 11) is 0. The number of rotatable bonds is 6. The van der Waals surface area contributed by atoms with Crippen molar-refractivity contribution in [3.8, 4) is 5.69 Å². The molecule has 1 atom stereocenters. The quantitative estimate of drug-likeness (QED) is 0.468. The normalized spacial score (nSPS) is 15.5. The standard InChI is InChI=1S/C25H24ClFN4O5/c1-2-36-24(34)17-6-4-12-29(15-17)22(32)21-23(33)30(14-16-5-3-7-18(26)13-16)25(35)31(28-21)20-10-8-19(27)9-11-20/h3,5,7-11,13,17H,2,4,6,12,14-15H2,1H3. The van der Waals surface area contributed by atoms with Gasteiger partial charge in [-0.2, -0.15) is 9.78 Å². The van der Waals surface area contributed by atoms with Gasteiger partial charge < -0.3 is 9.64 Å². The largest absolute Gasteiger partial charge is 0.466 e. The van der Waals surface area contributed by atoms with E-state index in [9.17, 15) is 23.6 Å². The summed E-state index contributed by atoms with van der Waals surface area (Å²) >= 11 is 6.06. The lowest BCUT2D eigenvalue weighted by atomic mass is 9.98. The average molecular weight is 515 g/mol. The number of likely N-dealkylation sites (tertiary alicyclic amines) is 1. The van der Waals surface area contributed by atoms with Crippen LogP contribution in [0.2, 0.25) is 5.02 Å². The monoisotopic (exact) mass is 514 g/mol. The summed E-state index contributed by atoms with van der Waals surface area (Å²) in [6.07, 6.45) is 1.10. The molecular weight excluding hydrogens is 491 g/mol. The third-order valence-electron chi connectivity index (χ3n) is 5.89. The molecule has 0 saturated carbocycles. The number of hydrogen-bond acceptors (Lipinski definition) is 6. The zero-order valence-corrected chi connectivity index (χ0v) is 20.3. The Morgan fingerprint density at radius 2 is 1.92 bits per heavy atom. The van der Waals surface area contributed by atoms with E-state index in [0.29, 0.717) is 30.0 Å². The van der Waals surface area contributed by atoms with E-state index in [1.165, 1.54) is 17.0 Å². The highest BCUT2D eigenvalue weighted by molar-refractivity contribution is 6.30. The molecule has 1 saturated heterocycles. The molecule has 0 bridgehead atoms. The molecular formula is C25H24ClFN4O5. The molecule has 0 N–H and O–H groups in total. The molecule has 188 valence electrons. The minimum absolute atomic E-state index is 0.0722. The summed E-state index contributed by atoms with van der Waals surface area (Å²) in [6.45, 7) is 2.16. The van der Waals surface area contributed by atoms with Crippen molar-refractivity contribution in [2.45, 2.75) is 26.3 Å². The van der Waals surface area contributed by atoms with Crippen LogP contribution in [0.1, 0.15) is 35.8 Å². The number of halogens is 2. The number of benzene rings is 2. The smallest absolute Gasteiger partial charge is 0.352 e. The molecule has 1 aromatic heterocycles. The first-order chi connectivity index (χ1) is 17.3. The maximum Gasteiger partial charge on any atom is 0.352 e. The van der Waals surface area contributed by atoms with E-state index in [1.54, 1.807) is 31.2 Å². The van der Waals surface area contributed by atoms with E-state index in [0.717, 1.165) is 21.4 Å². The minimum atomic E-state index is -0.874. The van der Waals surface area contributed by atoms with E-state index >= 15 is 0 Å². The van der Waals surface area contributed by atoms with Crippen molar-refractivity contribution in [3.05, 3.63) is 91.5 Å². The predicted molar refractivity (Wildman–Crippen MR) is 130 cm³/mol. The van der Waals surface area contributed by atoms with Crippen LogP contribution in [0.25, 0.3) is 5.69 Å². The van der Waals surface area contributed by atoms with E-state index in [2.05, 4.69) is 5.10 Å². The molecule has 1 fully saturated rings. The number of hydrogen-bond donors (Lipinski definition) is 0. The third kappa shape index (κ3) is 5.38. The van der Waals surface area contributed by atoms with Gasteiger partial charge in [0.05, 0.1) is 24.8 Å². The highest BCUT2D eigenvalue weighted by atomic mass is 35.5. The Labute approximate surface area is 210 Å². The average Bonchev–Trinajstić information content (AvgIpc) is 2.87. The van der Waals surface area contributed by atoms with Gasteiger partial charge in [0, 0.05) is 18.1 Å². The Morgan fingerprint density at radius 3 is 2.61 bits per heavy atom. The summed E-state index contributed by atoms with van der Waals surface area (Å²) < 4.78 is 20.4. The van der Waals surface area contributed by atoms with Crippen LogP contribution in [0.5, 0.6) is 0 Å². The van der Waals surface area contributed by atoms with E-state index in [1.807, 2.05) is 0 Å². The van der Waals surface area contributed by atoms with E-state index in [-0.39, 0.29) is 25.4 Å². The molecule has 1 aliphatic rings. The number of aromatic nitrogens is 3. The molecule has 0 radical (unpaired) electrons. The number of piperidine rings is 1.